The van der Waals surface area contributed by atoms with Gasteiger partial charge in [-0.3, -0.25) is 9.78 Å². The van der Waals surface area contributed by atoms with Crippen LogP contribution >= 0.6 is 0 Å². The van der Waals surface area contributed by atoms with E-state index in [9.17, 15) is 35.9 Å². The van der Waals surface area contributed by atoms with Crippen LogP contribution in [0.3, 0.4) is 0 Å². The number of hydrogen-bond donors (Lipinski definition) is 2. The Balaban J connectivity index is 1.66. The Labute approximate surface area is 223 Å². The van der Waals surface area contributed by atoms with Crippen LogP contribution in [0.4, 0.5) is 17.6 Å². The molecular formula is C24H17F4N7O4S. The number of rotatable bonds is 5. The molecule has 1 atom stereocenters. The van der Waals surface area contributed by atoms with Crippen molar-refractivity contribution in [1.29, 1.82) is 0 Å². The molecular weight excluding hydrogens is 558 g/mol. The summed E-state index contributed by atoms with van der Waals surface area (Å²) in [6.45, 7) is 0. The molecule has 1 aliphatic rings. The summed E-state index contributed by atoms with van der Waals surface area (Å²) >= 11 is 0. The fourth-order valence-electron chi connectivity index (χ4n) is 4.01. The number of nitrogens with two attached hydrogens (primary N) is 1. The molecule has 0 saturated heterocycles. The van der Waals surface area contributed by atoms with Gasteiger partial charge in [0.2, 0.25) is 10.0 Å². The van der Waals surface area contributed by atoms with Crippen molar-refractivity contribution >= 4 is 21.6 Å². The fraction of sp³-hybridized carbons (Fsp3) is 0.125. The minimum absolute atomic E-state index is 0.0119. The van der Waals surface area contributed by atoms with Gasteiger partial charge in [0.25, 0.3) is 11.6 Å². The highest BCUT2D eigenvalue weighted by molar-refractivity contribution is 7.89. The Morgan fingerprint density at radius 2 is 1.70 bits per heavy atom. The van der Waals surface area contributed by atoms with Crippen LogP contribution in [0.2, 0.25) is 0 Å². The van der Waals surface area contributed by atoms with Gasteiger partial charge in [0.15, 0.2) is 5.69 Å². The number of pyridine rings is 1. The van der Waals surface area contributed by atoms with Gasteiger partial charge in [0.05, 0.1) is 28.4 Å². The zero-order valence-corrected chi connectivity index (χ0v) is 20.8. The molecule has 0 spiro atoms. The van der Waals surface area contributed by atoms with Crippen molar-refractivity contribution in [3.05, 3.63) is 90.1 Å². The maximum atomic E-state index is 14.2. The van der Waals surface area contributed by atoms with Crippen molar-refractivity contribution in [2.24, 2.45) is 10.2 Å². The number of nitrogens with zero attached hydrogens (tertiary/aromatic N) is 6. The van der Waals surface area contributed by atoms with E-state index in [0.717, 1.165) is 28.9 Å². The Morgan fingerprint density at radius 3 is 2.27 bits per heavy atom. The van der Waals surface area contributed by atoms with Gasteiger partial charge in [-0.05, 0) is 60.7 Å². The molecule has 1 aliphatic heterocycles. The number of sulfonamides is 1. The molecule has 206 valence electrons. The van der Waals surface area contributed by atoms with Crippen LogP contribution < -0.4 is 5.14 Å². The van der Waals surface area contributed by atoms with Crippen molar-refractivity contribution in [2.75, 3.05) is 0 Å². The number of hydrogen-bond acceptors (Lipinski definition) is 8. The number of halogens is 4. The van der Waals surface area contributed by atoms with Gasteiger partial charge in [-0.25, -0.2) is 22.6 Å². The molecule has 3 heterocycles. The highest BCUT2D eigenvalue weighted by Crippen LogP contribution is 2.42. The average molecular weight is 576 g/mol. The van der Waals surface area contributed by atoms with Gasteiger partial charge in [-0.15, -0.1) is 5.10 Å². The van der Waals surface area contributed by atoms with Crippen molar-refractivity contribution < 1.29 is 35.9 Å². The molecule has 1 amide bonds. The molecule has 0 saturated carbocycles. The van der Waals surface area contributed by atoms with Crippen LogP contribution in [0.15, 0.2) is 82.9 Å². The Hall–Kier alpha value is -4.54. The first-order chi connectivity index (χ1) is 18.8. The molecule has 2 aromatic carbocycles. The van der Waals surface area contributed by atoms with Gasteiger partial charge in [-0.2, -0.15) is 23.3 Å². The predicted molar refractivity (Wildman–Crippen MR) is 131 cm³/mol. The van der Waals surface area contributed by atoms with Gasteiger partial charge >= 0.3 is 6.18 Å². The summed E-state index contributed by atoms with van der Waals surface area (Å²) < 4.78 is 80.5. The van der Waals surface area contributed by atoms with E-state index < -0.39 is 45.8 Å². The van der Waals surface area contributed by atoms with Gasteiger partial charge in [0, 0.05) is 11.8 Å². The first-order valence-corrected chi connectivity index (χ1v) is 12.8. The number of hydrazone groups is 1. The summed E-state index contributed by atoms with van der Waals surface area (Å²) in [7, 11) is -4.05. The maximum Gasteiger partial charge on any atom is 0.438 e. The molecule has 0 bridgehead atoms. The van der Waals surface area contributed by atoms with Crippen LogP contribution in [0.1, 0.15) is 22.6 Å². The lowest BCUT2D eigenvalue weighted by Crippen LogP contribution is -2.56. The average Bonchev–Trinajstić information content (AvgIpc) is 3.51. The normalized spacial score (nSPS) is 17.6. The van der Waals surface area contributed by atoms with Crippen molar-refractivity contribution in [1.82, 2.24) is 25.0 Å². The molecule has 2 aromatic heterocycles. The van der Waals surface area contributed by atoms with Crippen LogP contribution in [0.25, 0.3) is 16.9 Å². The summed E-state index contributed by atoms with van der Waals surface area (Å²) in [5.41, 5.74) is -4.61. The first kappa shape index (κ1) is 27.0. The van der Waals surface area contributed by atoms with Crippen LogP contribution in [0, 0.1) is 5.82 Å². The van der Waals surface area contributed by atoms with Crippen LogP contribution in [0.5, 0.6) is 0 Å². The van der Waals surface area contributed by atoms with Crippen molar-refractivity contribution in [3.8, 4) is 16.9 Å². The molecule has 1 unspecified atom stereocenters. The third kappa shape index (κ3) is 4.72. The summed E-state index contributed by atoms with van der Waals surface area (Å²) in [6.07, 6.45) is -5.12. The van der Waals surface area contributed by atoms with Crippen LogP contribution in [-0.2, 0) is 10.0 Å². The standard InChI is InChI=1S/C24H17F4N7O4S/c25-15-6-4-14(5-7-15)21-20(31-33-34(21)16-8-10-17(11-9-16)40(29,38)39)22(36)35-23(37,24(26,27)28)13-19(32-35)18-3-1-2-12-30-18/h1-12,37H,13H2,(H2,29,38,39). The molecule has 5 rings (SSSR count). The maximum absolute atomic E-state index is 14.2. The molecule has 16 heteroatoms. The van der Waals surface area contributed by atoms with Gasteiger partial charge < -0.3 is 5.11 Å². The number of benzene rings is 2. The Bertz CT molecular complexity index is 1730. The lowest BCUT2D eigenvalue weighted by molar-refractivity contribution is -0.297. The largest absolute Gasteiger partial charge is 0.438 e. The summed E-state index contributed by atoms with van der Waals surface area (Å²) in [5, 5.41) is 27.2. The third-order valence-electron chi connectivity index (χ3n) is 5.99. The lowest BCUT2D eigenvalue weighted by atomic mass is 10.0. The number of aromatic nitrogens is 4. The number of carbonyl (C=O) groups excluding carboxylic acids is 1. The topological polar surface area (TPSA) is 157 Å². The van der Waals surface area contributed by atoms with E-state index in [1.807, 2.05) is 0 Å². The Morgan fingerprint density at radius 1 is 1.02 bits per heavy atom. The zero-order valence-electron chi connectivity index (χ0n) is 20.0. The summed E-state index contributed by atoms with van der Waals surface area (Å²) in [5.74, 6) is -2.10. The van der Waals surface area contributed by atoms with Crippen molar-refractivity contribution in [3.63, 3.8) is 0 Å². The molecule has 0 radical (unpaired) electrons. The zero-order chi connectivity index (χ0) is 28.9. The second-order valence-electron chi connectivity index (χ2n) is 8.61. The van der Waals surface area contributed by atoms with E-state index >= 15 is 0 Å². The summed E-state index contributed by atoms with van der Waals surface area (Å²) in [6, 6.07) is 13.8. The highest BCUT2D eigenvalue weighted by Gasteiger charge is 2.64. The van der Waals surface area contributed by atoms with Crippen LogP contribution in [-0.4, -0.2) is 62.0 Å². The summed E-state index contributed by atoms with van der Waals surface area (Å²) in [4.78, 5) is 17.3. The minimum Gasteiger partial charge on any atom is -0.362 e. The minimum atomic E-state index is -5.34. The van der Waals surface area contributed by atoms with E-state index in [4.69, 9.17) is 5.14 Å². The first-order valence-electron chi connectivity index (χ1n) is 11.3. The van der Waals surface area contributed by atoms with Gasteiger partial charge in [-0.1, -0.05) is 11.3 Å². The molecule has 3 N–H and O–H groups in total. The Kier molecular flexibility index (Phi) is 6.48. The van der Waals surface area contributed by atoms with E-state index in [1.165, 1.54) is 48.7 Å². The lowest BCUT2D eigenvalue weighted by Gasteiger charge is -2.32. The SMILES string of the molecule is NS(=O)(=O)c1ccc(-n2nnc(C(=O)N3N=C(c4ccccn4)CC3(O)C(F)(F)F)c2-c2ccc(F)cc2)cc1. The number of primary sulfonamides is 1. The van der Waals surface area contributed by atoms with E-state index in [0.29, 0.717) is 0 Å². The monoisotopic (exact) mass is 575 g/mol. The quantitative estimate of drug-likeness (QED) is 0.347. The predicted octanol–water partition coefficient (Wildman–Crippen LogP) is 2.62. The highest BCUT2D eigenvalue weighted by atomic mass is 32.2. The second-order valence-corrected chi connectivity index (χ2v) is 10.2. The number of aliphatic hydroxyl groups is 1. The van der Waals surface area contributed by atoms with Crippen molar-refractivity contribution in [2.45, 2.75) is 23.2 Å². The second kappa shape index (κ2) is 9.58. The number of amides is 1. The molecule has 40 heavy (non-hydrogen) atoms. The van der Waals surface area contributed by atoms with E-state index in [2.05, 4.69) is 20.4 Å². The molecule has 11 nitrogen and oxygen atoms in total. The number of alkyl halides is 3. The molecule has 0 fully saturated rings. The van der Waals surface area contributed by atoms with Gasteiger partial charge in [0.1, 0.15) is 11.5 Å². The fourth-order valence-corrected chi connectivity index (χ4v) is 4.52. The molecule has 0 aliphatic carbocycles. The smallest absolute Gasteiger partial charge is 0.362 e. The number of carbonyl (C=O) groups is 1. The third-order valence-corrected chi connectivity index (χ3v) is 6.92. The molecule has 4 aromatic rings. The van der Waals surface area contributed by atoms with E-state index in [1.54, 1.807) is 0 Å². The van der Waals surface area contributed by atoms with E-state index in [-0.39, 0.29) is 38.3 Å².